The summed E-state index contributed by atoms with van der Waals surface area (Å²) in [6.07, 6.45) is 2.91. The first-order valence-corrected chi connectivity index (χ1v) is 7.44. The van der Waals surface area contributed by atoms with Gasteiger partial charge in [0, 0.05) is 28.1 Å². The second kappa shape index (κ2) is 8.42. The third-order valence-electron chi connectivity index (χ3n) is 3.60. The fourth-order valence-corrected chi connectivity index (χ4v) is 2.79. The average molecular weight is 353 g/mol. The predicted octanol–water partition coefficient (Wildman–Crippen LogP) is -0.0401. The number of pyridine rings is 1. The number of H-pyrrole nitrogens is 1. The third kappa shape index (κ3) is 4.44. The molecular weight excluding hydrogens is 339 g/mol. The van der Waals surface area contributed by atoms with Crippen molar-refractivity contribution in [2.24, 2.45) is 0 Å². The summed E-state index contributed by atoms with van der Waals surface area (Å²) < 4.78 is 0. The largest absolute Gasteiger partial charge is 1.00 e. The predicted molar refractivity (Wildman–Crippen MR) is 84.5 cm³/mol. The van der Waals surface area contributed by atoms with Crippen molar-refractivity contribution in [3.63, 3.8) is 0 Å². The van der Waals surface area contributed by atoms with E-state index in [9.17, 15) is 9.90 Å². The Morgan fingerprint density at radius 2 is 2.09 bits per heavy atom. The molecule has 23 heavy (non-hydrogen) atoms. The van der Waals surface area contributed by atoms with E-state index in [1.165, 1.54) is 0 Å². The fourth-order valence-electron chi connectivity index (χ4n) is 2.62. The quantitative estimate of drug-likeness (QED) is 0.655. The molecule has 1 N–H and O–H groups in total. The summed E-state index contributed by atoms with van der Waals surface area (Å²) in [5.41, 5.74) is 3.75. The molecule has 6 heteroatoms. The first-order valence-electron chi connectivity index (χ1n) is 7.06. The Kier molecular flexibility index (Phi) is 6.82. The first kappa shape index (κ1) is 18.6. The molecule has 0 saturated carbocycles. The summed E-state index contributed by atoms with van der Waals surface area (Å²) in [6, 6.07) is 11.4. The van der Waals surface area contributed by atoms with Crippen LogP contribution in [0.15, 0.2) is 42.6 Å². The van der Waals surface area contributed by atoms with Crippen molar-refractivity contribution in [1.82, 2.24) is 9.97 Å². The molecule has 0 aliphatic carbocycles. The number of rotatable bonds is 5. The van der Waals surface area contributed by atoms with Crippen LogP contribution in [0.4, 0.5) is 0 Å². The second-order valence-electron chi connectivity index (χ2n) is 5.11. The van der Waals surface area contributed by atoms with Gasteiger partial charge in [-0.25, -0.2) is 0 Å². The minimum atomic E-state index is -1.03. The molecular formula is C17H14ClKN2O2. The molecule has 0 aliphatic heterocycles. The zero-order valence-corrected chi connectivity index (χ0v) is 16.7. The molecule has 0 aliphatic rings. The van der Waals surface area contributed by atoms with Gasteiger partial charge in [-0.15, -0.1) is 0 Å². The SMILES string of the molecule is O=C([O-])CCCc1c(-c2ccccn2)[nH]c2ccc(Cl)cc12.[K+]. The molecule has 112 valence electrons. The number of halogens is 1. The molecule has 4 nitrogen and oxygen atoms in total. The van der Waals surface area contributed by atoms with Crippen molar-refractivity contribution in [1.29, 1.82) is 0 Å². The van der Waals surface area contributed by atoms with E-state index in [2.05, 4.69) is 9.97 Å². The number of carboxylic acids is 1. The number of aromatic nitrogens is 2. The molecule has 0 bridgehead atoms. The Bertz CT molecular complexity index is 818. The molecule has 3 rings (SSSR count). The van der Waals surface area contributed by atoms with E-state index in [4.69, 9.17) is 11.6 Å². The number of aryl methyl sites for hydroxylation is 1. The van der Waals surface area contributed by atoms with Crippen LogP contribution in [0.1, 0.15) is 18.4 Å². The van der Waals surface area contributed by atoms with E-state index in [0.717, 1.165) is 27.9 Å². The van der Waals surface area contributed by atoms with Gasteiger partial charge in [0.1, 0.15) is 0 Å². The van der Waals surface area contributed by atoms with Crippen LogP contribution < -0.4 is 56.5 Å². The molecule has 0 atom stereocenters. The van der Waals surface area contributed by atoms with E-state index in [1.807, 2.05) is 36.4 Å². The normalized spacial score (nSPS) is 10.5. The molecule has 0 unspecified atom stereocenters. The smallest absolute Gasteiger partial charge is 0.550 e. The van der Waals surface area contributed by atoms with E-state index < -0.39 is 5.97 Å². The van der Waals surface area contributed by atoms with Gasteiger partial charge in [0.2, 0.25) is 0 Å². The number of fused-ring (bicyclic) bond motifs is 1. The number of nitrogens with one attached hydrogen (secondary N) is 1. The van der Waals surface area contributed by atoms with Crippen LogP contribution in [0, 0.1) is 0 Å². The minimum absolute atomic E-state index is 0. The van der Waals surface area contributed by atoms with Crippen LogP contribution in [0.25, 0.3) is 22.3 Å². The maximum atomic E-state index is 10.6. The number of carbonyl (C=O) groups excluding carboxylic acids is 1. The Hall–Kier alpha value is -0.694. The maximum absolute atomic E-state index is 10.6. The topological polar surface area (TPSA) is 68.8 Å². The standard InChI is InChI=1S/C17H15ClN2O2.K/c18-11-7-8-14-13(10-11)12(4-3-6-16(21)22)17(20-14)15-5-1-2-9-19-15;/h1-2,5,7-10,20H,3-4,6H2,(H,21,22);/q;+1/p-1. The number of hydrogen-bond acceptors (Lipinski definition) is 3. The van der Waals surface area contributed by atoms with E-state index in [-0.39, 0.29) is 57.8 Å². The molecule has 0 radical (unpaired) electrons. The van der Waals surface area contributed by atoms with Gasteiger partial charge in [0.15, 0.2) is 0 Å². The van der Waals surface area contributed by atoms with Gasteiger partial charge < -0.3 is 14.9 Å². The summed E-state index contributed by atoms with van der Waals surface area (Å²) in [5, 5.41) is 12.3. The van der Waals surface area contributed by atoms with Gasteiger partial charge in [-0.05, 0) is 55.2 Å². The molecule has 1 aromatic carbocycles. The van der Waals surface area contributed by atoms with Crippen LogP contribution in [0.5, 0.6) is 0 Å². The Morgan fingerprint density at radius 3 is 2.78 bits per heavy atom. The van der Waals surface area contributed by atoms with Gasteiger partial charge in [-0.2, -0.15) is 0 Å². The third-order valence-corrected chi connectivity index (χ3v) is 3.83. The van der Waals surface area contributed by atoms with Crippen LogP contribution >= 0.6 is 11.6 Å². The van der Waals surface area contributed by atoms with Gasteiger partial charge >= 0.3 is 51.4 Å². The van der Waals surface area contributed by atoms with E-state index >= 15 is 0 Å². The average Bonchev–Trinajstić information content (AvgIpc) is 2.86. The maximum Gasteiger partial charge on any atom is 1.00 e. The van der Waals surface area contributed by atoms with Crippen molar-refractivity contribution in [2.45, 2.75) is 19.3 Å². The van der Waals surface area contributed by atoms with E-state index in [0.29, 0.717) is 17.9 Å². The summed E-state index contributed by atoms with van der Waals surface area (Å²) in [7, 11) is 0. The second-order valence-corrected chi connectivity index (χ2v) is 5.55. The molecule has 2 heterocycles. The minimum Gasteiger partial charge on any atom is -0.550 e. The number of aromatic amines is 1. The number of aliphatic carboxylic acids is 1. The molecule has 0 fully saturated rings. The Labute approximate surface area is 181 Å². The summed E-state index contributed by atoms with van der Waals surface area (Å²) >= 11 is 6.10. The van der Waals surface area contributed by atoms with Crippen molar-refractivity contribution in [2.75, 3.05) is 0 Å². The van der Waals surface area contributed by atoms with Crippen molar-refractivity contribution in [3.8, 4) is 11.4 Å². The molecule has 0 spiro atoms. The van der Waals surface area contributed by atoms with Gasteiger partial charge in [0.05, 0.1) is 11.4 Å². The van der Waals surface area contributed by atoms with Crippen LogP contribution in [0.3, 0.4) is 0 Å². The van der Waals surface area contributed by atoms with Crippen LogP contribution in [-0.4, -0.2) is 15.9 Å². The van der Waals surface area contributed by atoms with Crippen LogP contribution in [0.2, 0.25) is 5.02 Å². The Balaban J connectivity index is 0.00000192. The number of carboxylic acid groups (broad SMARTS) is 1. The first-order chi connectivity index (χ1) is 10.6. The number of hydrogen-bond donors (Lipinski definition) is 1. The van der Waals surface area contributed by atoms with Gasteiger partial charge in [-0.3, -0.25) is 4.98 Å². The van der Waals surface area contributed by atoms with Crippen molar-refractivity contribution >= 4 is 28.5 Å². The van der Waals surface area contributed by atoms with Crippen molar-refractivity contribution in [3.05, 3.63) is 53.2 Å². The molecule has 3 aromatic rings. The monoisotopic (exact) mass is 352 g/mol. The summed E-state index contributed by atoms with van der Waals surface area (Å²) in [6.45, 7) is 0. The summed E-state index contributed by atoms with van der Waals surface area (Å²) in [4.78, 5) is 18.4. The zero-order valence-electron chi connectivity index (χ0n) is 12.8. The fraction of sp³-hybridized carbons (Fsp3) is 0.176. The van der Waals surface area contributed by atoms with Crippen LogP contribution in [-0.2, 0) is 11.2 Å². The number of carbonyl (C=O) groups is 1. The van der Waals surface area contributed by atoms with E-state index in [1.54, 1.807) is 6.20 Å². The van der Waals surface area contributed by atoms with Gasteiger partial charge in [-0.1, -0.05) is 17.7 Å². The Morgan fingerprint density at radius 1 is 1.26 bits per heavy atom. The van der Waals surface area contributed by atoms with Gasteiger partial charge in [0.25, 0.3) is 0 Å². The molecule has 0 saturated heterocycles. The zero-order chi connectivity index (χ0) is 15.5. The molecule has 0 amide bonds. The number of nitrogens with zero attached hydrogens (tertiary/aromatic N) is 1. The summed E-state index contributed by atoms with van der Waals surface area (Å²) in [5.74, 6) is -1.03. The van der Waals surface area contributed by atoms with Crippen molar-refractivity contribution < 1.29 is 61.3 Å². The molecule has 2 aromatic heterocycles. The number of benzene rings is 1.